The number of hydrogen-bond donors (Lipinski definition) is 2. The van der Waals surface area contributed by atoms with Crippen molar-refractivity contribution in [2.75, 3.05) is 13.1 Å². The molecule has 0 saturated carbocycles. The molecule has 0 aliphatic carbocycles. The first-order chi connectivity index (χ1) is 11.0. The highest BCUT2D eigenvalue weighted by Crippen LogP contribution is 2.23. The van der Waals surface area contributed by atoms with E-state index in [4.69, 9.17) is 4.52 Å². The summed E-state index contributed by atoms with van der Waals surface area (Å²) in [4.78, 5) is 15.6. The van der Waals surface area contributed by atoms with Crippen LogP contribution in [-0.2, 0) is 10.3 Å². The fourth-order valence-corrected chi connectivity index (χ4v) is 2.79. The molecule has 1 unspecified atom stereocenters. The SMILES string of the molecule is CC(=O)NC(C)(C)c1noc(-c2ccn(C3CCCNC3)n2)n1. The Morgan fingerprint density at radius 3 is 3.04 bits per heavy atom. The van der Waals surface area contributed by atoms with E-state index in [9.17, 15) is 4.79 Å². The van der Waals surface area contributed by atoms with Crippen LogP contribution in [0.15, 0.2) is 16.8 Å². The summed E-state index contributed by atoms with van der Waals surface area (Å²) < 4.78 is 7.26. The van der Waals surface area contributed by atoms with E-state index in [0.29, 0.717) is 23.5 Å². The standard InChI is InChI=1S/C15H22N6O2/c1-10(22)18-15(2,3)14-17-13(23-20-14)12-6-8-21(19-12)11-5-4-7-16-9-11/h6,8,11,16H,4-5,7,9H2,1-3H3,(H,18,22). The number of amides is 1. The average Bonchev–Trinajstić information content (AvgIpc) is 3.16. The van der Waals surface area contributed by atoms with Crippen LogP contribution in [-0.4, -0.2) is 38.9 Å². The molecule has 3 rings (SSSR count). The second-order valence-electron chi connectivity index (χ2n) is 6.41. The molecule has 1 atom stereocenters. The Bertz CT molecular complexity index is 684. The molecule has 0 bridgehead atoms. The number of rotatable bonds is 4. The molecular weight excluding hydrogens is 296 g/mol. The minimum Gasteiger partial charge on any atom is -0.344 e. The maximum Gasteiger partial charge on any atom is 0.278 e. The predicted octanol–water partition coefficient (Wildman–Crippen LogP) is 1.23. The summed E-state index contributed by atoms with van der Waals surface area (Å²) in [6.45, 7) is 7.11. The Hall–Kier alpha value is -2.22. The van der Waals surface area contributed by atoms with Crippen LogP contribution in [0, 0.1) is 0 Å². The smallest absolute Gasteiger partial charge is 0.278 e. The lowest BCUT2D eigenvalue weighted by Crippen LogP contribution is -2.40. The van der Waals surface area contributed by atoms with Crippen LogP contribution in [0.1, 0.15) is 45.5 Å². The molecule has 1 saturated heterocycles. The zero-order valence-electron chi connectivity index (χ0n) is 13.7. The highest BCUT2D eigenvalue weighted by molar-refractivity contribution is 5.73. The van der Waals surface area contributed by atoms with Crippen molar-refractivity contribution in [1.82, 2.24) is 30.6 Å². The Morgan fingerprint density at radius 1 is 1.52 bits per heavy atom. The molecular formula is C15H22N6O2. The third kappa shape index (κ3) is 3.42. The lowest BCUT2D eigenvalue weighted by molar-refractivity contribution is -0.120. The Morgan fingerprint density at radius 2 is 2.35 bits per heavy atom. The van der Waals surface area contributed by atoms with Gasteiger partial charge in [0.25, 0.3) is 5.89 Å². The first kappa shape index (κ1) is 15.7. The number of carbonyl (C=O) groups is 1. The largest absolute Gasteiger partial charge is 0.344 e. The van der Waals surface area contributed by atoms with Crippen LogP contribution in [0.2, 0.25) is 0 Å². The molecule has 1 aliphatic rings. The number of hydrogen-bond acceptors (Lipinski definition) is 6. The molecule has 8 heteroatoms. The van der Waals surface area contributed by atoms with Gasteiger partial charge in [-0.1, -0.05) is 5.16 Å². The van der Waals surface area contributed by atoms with E-state index < -0.39 is 5.54 Å². The van der Waals surface area contributed by atoms with Crippen LogP contribution in [0.5, 0.6) is 0 Å². The zero-order chi connectivity index (χ0) is 16.4. The molecule has 0 aromatic carbocycles. The molecule has 124 valence electrons. The van der Waals surface area contributed by atoms with Gasteiger partial charge in [0.05, 0.1) is 11.6 Å². The van der Waals surface area contributed by atoms with Gasteiger partial charge in [0, 0.05) is 19.7 Å². The van der Waals surface area contributed by atoms with Crippen molar-refractivity contribution in [1.29, 1.82) is 0 Å². The van der Waals surface area contributed by atoms with Crippen molar-refractivity contribution in [3.05, 3.63) is 18.1 Å². The third-order valence-corrected chi connectivity index (χ3v) is 3.95. The Labute approximate surface area is 134 Å². The first-order valence-corrected chi connectivity index (χ1v) is 7.85. The number of nitrogens with one attached hydrogen (secondary N) is 2. The van der Waals surface area contributed by atoms with Crippen LogP contribution < -0.4 is 10.6 Å². The summed E-state index contributed by atoms with van der Waals surface area (Å²) in [6.07, 6.45) is 4.20. The molecule has 8 nitrogen and oxygen atoms in total. The summed E-state index contributed by atoms with van der Waals surface area (Å²) in [5.41, 5.74) is -0.0448. The molecule has 1 amide bonds. The van der Waals surface area contributed by atoms with Gasteiger partial charge < -0.3 is 15.2 Å². The molecule has 2 N–H and O–H groups in total. The highest BCUT2D eigenvalue weighted by atomic mass is 16.5. The molecule has 0 spiro atoms. The van der Waals surface area contributed by atoms with Gasteiger partial charge in [-0.25, -0.2) is 0 Å². The second kappa shape index (κ2) is 6.11. The zero-order valence-corrected chi connectivity index (χ0v) is 13.7. The molecule has 1 aliphatic heterocycles. The van der Waals surface area contributed by atoms with Crippen LogP contribution in [0.25, 0.3) is 11.6 Å². The first-order valence-electron chi connectivity index (χ1n) is 7.85. The van der Waals surface area contributed by atoms with E-state index in [1.807, 2.05) is 30.8 Å². The van der Waals surface area contributed by atoms with E-state index in [-0.39, 0.29) is 5.91 Å². The van der Waals surface area contributed by atoms with Gasteiger partial charge >= 0.3 is 0 Å². The minimum atomic E-state index is -0.691. The van der Waals surface area contributed by atoms with Gasteiger partial charge in [-0.15, -0.1) is 0 Å². The summed E-state index contributed by atoms with van der Waals surface area (Å²) in [5.74, 6) is 0.646. The molecule has 23 heavy (non-hydrogen) atoms. The number of carbonyl (C=O) groups excluding carboxylic acids is 1. The predicted molar refractivity (Wildman–Crippen MR) is 83.5 cm³/mol. The molecule has 2 aromatic heterocycles. The van der Waals surface area contributed by atoms with E-state index in [1.165, 1.54) is 6.92 Å². The summed E-state index contributed by atoms with van der Waals surface area (Å²) >= 11 is 0. The van der Waals surface area contributed by atoms with Crippen molar-refractivity contribution in [3.8, 4) is 11.6 Å². The molecule has 1 fully saturated rings. The summed E-state index contributed by atoms with van der Waals surface area (Å²) in [7, 11) is 0. The molecule has 0 radical (unpaired) electrons. The van der Waals surface area contributed by atoms with Crippen LogP contribution >= 0.6 is 0 Å². The fraction of sp³-hybridized carbons (Fsp3) is 0.600. The van der Waals surface area contributed by atoms with Crippen molar-refractivity contribution in [2.45, 2.75) is 45.2 Å². The van der Waals surface area contributed by atoms with Gasteiger partial charge in [-0.2, -0.15) is 10.1 Å². The minimum absolute atomic E-state index is 0.143. The van der Waals surface area contributed by atoms with Crippen LogP contribution in [0.3, 0.4) is 0 Å². The quantitative estimate of drug-likeness (QED) is 0.880. The van der Waals surface area contributed by atoms with Gasteiger partial charge in [0.15, 0.2) is 11.5 Å². The Balaban J connectivity index is 1.78. The van der Waals surface area contributed by atoms with Crippen LogP contribution in [0.4, 0.5) is 0 Å². The average molecular weight is 318 g/mol. The normalized spacial score (nSPS) is 18.8. The van der Waals surface area contributed by atoms with Gasteiger partial charge in [0.2, 0.25) is 5.91 Å². The number of piperidine rings is 1. The topological polar surface area (TPSA) is 97.9 Å². The lowest BCUT2D eigenvalue weighted by atomic mass is 10.1. The van der Waals surface area contributed by atoms with Crippen molar-refractivity contribution >= 4 is 5.91 Å². The van der Waals surface area contributed by atoms with Gasteiger partial charge in [-0.05, 0) is 39.3 Å². The number of nitrogens with zero attached hydrogens (tertiary/aromatic N) is 4. The van der Waals surface area contributed by atoms with Crippen molar-refractivity contribution in [3.63, 3.8) is 0 Å². The van der Waals surface area contributed by atoms with E-state index in [0.717, 1.165) is 25.9 Å². The van der Waals surface area contributed by atoms with Crippen molar-refractivity contribution in [2.24, 2.45) is 0 Å². The third-order valence-electron chi connectivity index (χ3n) is 3.95. The van der Waals surface area contributed by atoms with Crippen molar-refractivity contribution < 1.29 is 9.32 Å². The van der Waals surface area contributed by atoms with Gasteiger partial charge in [-0.3, -0.25) is 9.48 Å². The van der Waals surface area contributed by atoms with E-state index in [2.05, 4.69) is 25.9 Å². The monoisotopic (exact) mass is 318 g/mol. The Kier molecular flexibility index (Phi) is 4.16. The second-order valence-corrected chi connectivity index (χ2v) is 6.41. The summed E-state index contributed by atoms with van der Waals surface area (Å²) in [6, 6.07) is 2.23. The number of aromatic nitrogens is 4. The van der Waals surface area contributed by atoms with E-state index in [1.54, 1.807) is 0 Å². The fourth-order valence-electron chi connectivity index (χ4n) is 2.79. The molecule has 3 heterocycles. The highest BCUT2D eigenvalue weighted by Gasteiger charge is 2.28. The molecule has 2 aromatic rings. The maximum atomic E-state index is 11.3. The van der Waals surface area contributed by atoms with E-state index >= 15 is 0 Å². The van der Waals surface area contributed by atoms with Gasteiger partial charge in [0.1, 0.15) is 0 Å². The summed E-state index contributed by atoms with van der Waals surface area (Å²) in [5, 5.41) is 14.7. The maximum absolute atomic E-state index is 11.3. The lowest BCUT2D eigenvalue weighted by Gasteiger charge is -2.22.